The highest BCUT2D eigenvalue weighted by molar-refractivity contribution is 7.20. The van der Waals surface area contributed by atoms with Crippen LogP contribution < -0.4 is 0 Å². The van der Waals surface area contributed by atoms with E-state index in [-0.39, 0.29) is 67.0 Å². The number of thiophene rings is 2. The summed E-state index contributed by atoms with van der Waals surface area (Å²) in [6.07, 6.45) is -0.335. The first-order valence-electron chi connectivity index (χ1n) is 16.7. The van der Waals surface area contributed by atoms with E-state index >= 15 is 0 Å². The molecule has 0 atom stereocenters. The highest BCUT2D eigenvalue weighted by Gasteiger charge is 2.26. The van der Waals surface area contributed by atoms with Gasteiger partial charge in [-0.3, -0.25) is 19.7 Å². The Kier molecular flexibility index (Phi) is 12.0. The van der Waals surface area contributed by atoms with E-state index in [2.05, 4.69) is 9.97 Å². The monoisotopic (exact) mass is 907 g/mol. The molecule has 2 N–H and O–H groups in total. The molecule has 59 heavy (non-hydrogen) atoms. The van der Waals surface area contributed by atoms with Crippen LogP contribution in [0.15, 0.2) is 89.6 Å². The molecule has 4 heterocycles. The quantitative estimate of drug-likeness (QED) is 0.0549. The first-order chi connectivity index (χ1) is 28.2. The predicted molar refractivity (Wildman–Crippen MR) is 225 cm³/mol. The number of rotatable bonds is 11. The Hall–Kier alpha value is -5.82. The number of hydrogen-bond acceptors (Lipinski definition) is 12. The number of nitro groups is 1. The van der Waals surface area contributed by atoms with E-state index < -0.39 is 39.3 Å². The predicted octanol–water partition coefficient (Wildman–Crippen LogP) is 11.8. The molecule has 0 spiro atoms. The molecule has 0 unspecified atom stereocenters. The van der Waals surface area contributed by atoms with E-state index in [1.807, 2.05) is 18.2 Å². The molecule has 4 aromatic heterocycles. The van der Waals surface area contributed by atoms with Crippen LogP contribution in [0.4, 0.5) is 14.5 Å². The zero-order valence-electron chi connectivity index (χ0n) is 29.4. The van der Waals surface area contributed by atoms with Gasteiger partial charge in [0.2, 0.25) is 0 Å². The minimum atomic E-state index is -1.29. The number of para-hydroxylation sites is 2. The normalized spacial score (nSPS) is 11.1. The van der Waals surface area contributed by atoms with Gasteiger partial charge in [0.1, 0.15) is 16.7 Å². The maximum atomic E-state index is 13.8. The van der Waals surface area contributed by atoms with Crippen LogP contribution >= 0.6 is 68.5 Å². The number of fused-ring (bicyclic) bond motifs is 2. The van der Waals surface area contributed by atoms with Crippen LogP contribution in [0, 0.1) is 21.7 Å². The summed E-state index contributed by atoms with van der Waals surface area (Å²) >= 11 is 15.9. The molecule has 0 amide bonds. The van der Waals surface area contributed by atoms with E-state index in [0.717, 1.165) is 39.5 Å². The third-order valence-corrected chi connectivity index (χ3v) is 13.3. The molecule has 0 fully saturated rings. The molecule has 0 aliphatic rings. The molecule has 0 bridgehead atoms. The summed E-state index contributed by atoms with van der Waals surface area (Å²) in [6, 6.07) is 20.5. The number of hydrogen-bond donors (Lipinski definition) is 2. The minimum Gasteiger partial charge on any atom is -0.478 e. The number of aromatic carboxylic acids is 2. The van der Waals surface area contributed by atoms with Gasteiger partial charge in [0.15, 0.2) is 27.1 Å². The van der Waals surface area contributed by atoms with Gasteiger partial charge in [0.25, 0.3) is 5.69 Å². The lowest BCUT2D eigenvalue weighted by Gasteiger charge is -2.05. The van der Waals surface area contributed by atoms with Gasteiger partial charge in [-0.2, -0.15) is 0 Å². The van der Waals surface area contributed by atoms with Gasteiger partial charge in [0, 0.05) is 44.8 Å². The number of benzene rings is 4. The molecule has 19 heteroatoms. The summed E-state index contributed by atoms with van der Waals surface area (Å²) in [5.41, 5.74) is 1.93. The summed E-state index contributed by atoms with van der Waals surface area (Å²) < 4.78 is 29.0. The van der Waals surface area contributed by atoms with Crippen LogP contribution in [0.25, 0.3) is 42.7 Å². The topological polar surface area (TPSA) is 178 Å². The second-order valence-electron chi connectivity index (χ2n) is 12.4. The van der Waals surface area contributed by atoms with E-state index in [0.29, 0.717) is 31.2 Å². The standard InChI is InChI=1S/C20H10ClF2NO3S2.C20H11ClN2O5S2/c21-18-11(22)5-9(6-12(18)23)10-8-28-16(17(10)20(26)27)7-14(25)19-24-13-3-1-2-4-15(13)29-19;21-11-6-4-10(5-7-11)12-9-29-16(17(12)20(25)26)8-14(24)19-22-18-13(23(27)28)2-1-3-15(18)30-19/h1-6,8H,7H2,(H,26,27);1-7,9H,8H2,(H,25,26). The van der Waals surface area contributed by atoms with E-state index in [4.69, 9.17) is 23.2 Å². The van der Waals surface area contributed by atoms with Crippen molar-refractivity contribution in [1.82, 2.24) is 9.97 Å². The zero-order chi connectivity index (χ0) is 42.1. The molecule has 0 saturated carbocycles. The first kappa shape index (κ1) is 41.3. The average Bonchev–Trinajstić information content (AvgIpc) is 4.01. The lowest BCUT2D eigenvalue weighted by atomic mass is 10.0. The number of nitro benzene ring substituents is 1. The largest absolute Gasteiger partial charge is 0.478 e. The zero-order valence-corrected chi connectivity index (χ0v) is 34.2. The van der Waals surface area contributed by atoms with Crippen molar-refractivity contribution in [3.05, 3.63) is 152 Å². The van der Waals surface area contributed by atoms with Crippen LogP contribution in [0.2, 0.25) is 10.0 Å². The Balaban J connectivity index is 0.000000179. The number of Topliss-reactive ketones (excluding diaryl/α,β-unsaturated/α-hetero) is 2. The van der Waals surface area contributed by atoms with Gasteiger partial charge in [-0.15, -0.1) is 45.3 Å². The van der Waals surface area contributed by atoms with Gasteiger partial charge >= 0.3 is 11.9 Å². The summed E-state index contributed by atoms with van der Waals surface area (Å²) in [5.74, 6) is -5.12. The smallest absolute Gasteiger partial charge is 0.337 e. The van der Waals surface area contributed by atoms with Gasteiger partial charge in [0.05, 0.1) is 31.0 Å². The summed E-state index contributed by atoms with van der Waals surface area (Å²) in [6.45, 7) is 0. The van der Waals surface area contributed by atoms with Crippen LogP contribution in [0.5, 0.6) is 0 Å². The highest BCUT2D eigenvalue weighted by atomic mass is 35.5. The number of aromatic nitrogens is 2. The number of carboxylic acids is 2. The Morgan fingerprint density at radius 3 is 1.78 bits per heavy atom. The van der Waals surface area contributed by atoms with E-state index in [1.54, 1.807) is 41.8 Å². The van der Waals surface area contributed by atoms with Gasteiger partial charge in [-0.1, -0.05) is 53.5 Å². The Morgan fingerprint density at radius 1 is 0.695 bits per heavy atom. The Labute approximate surface area is 356 Å². The molecule has 0 aliphatic carbocycles. The van der Waals surface area contributed by atoms with Gasteiger partial charge < -0.3 is 10.2 Å². The number of halogens is 4. The van der Waals surface area contributed by atoms with Crippen LogP contribution in [0.3, 0.4) is 0 Å². The fourth-order valence-electron chi connectivity index (χ4n) is 5.93. The minimum absolute atomic E-state index is 0.0386. The lowest BCUT2D eigenvalue weighted by molar-refractivity contribution is -0.383. The number of carboxylic acid groups (broad SMARTS) is 2. The maximum absolute atomic E-state index is 13.8. The first-order valence-corrected chi connectivity index (χ1v) is 20.9. The summed E-state index contributed by atoms with van der Waals surface area (Å²) in [4.78, 5) is 69.0. The fraction of sp³-hybridized carbons (Fsp3) is 0.0500. The number of non-ortho nitro benzene ring substituents is 1. The SMILES string of the molecule is O=C(Cc1scc(-c2cc(F)c(Cl)c(F)c2)c1C(=O)O)c1nc2ccccc2s1.O=C(Cc1scc(-c2ccc(Cl)cc2)c1C(=O)O)c1nc2c([N+](=O)[O-])cccc2s1. The van der Waals surface area contributed by atoms with Crippen LogP contribution in [0.1, 0.15) is 50.1 Å². The molecular formula is C40H21Cl2F2N3O8S4. The lowest BCUT2D eigenvalue weighted by Crippen LogP contribution is -2.07. The van der Waals surface area contributed by atoms with Crippen molar-refractivity contribution >= 4 is 118 Å². The molecule has 296 valence electrons. The average molecular weight is 909 g/mol. The number of carbonyl (C=O) groups is 4. The second-order valence-corrected chi connectivity index (χ2v) is 17.2. The Morgan fingerprint density at radius 2 is 1.22 bits per heavy atom. The molecule has 4 aromatic carbocycles. The van der Waals surface area contributed by atoms with Crippen molar-refractivity contribution in [3.63, 3.8) is 0 Å². The number of thiazole rings is 2. The van der Waals surface area contributed by atoms with Gasteiger partial charge in [-0.05, 0) is 64.4 Å². The molecule has 8 aromatic rings. The Bertz CT molecular complexity index is 2940. The van der Waals surface area contributed by atoms with Crippen LogP contribution in [-0.4, -0.2) is 48.6 Å². The summed E-state index contributed by atoms with van der Waals surface area (Å²) in [7, 11) is 0. The fourth-order valence-corrected chi connectivity index (χ4v) is 10.1. The maximum Gasteiger partial charge on any atom is 0.337 e. The van der Waals surface area contributed by atoms with Crippen molar-refractivity contribution < 1.29 is 43.1 Å². The van der Waals surface area contributed by atoms with E-state index in [9.17, 15) is 48.3 Å². The summed E-state index contributed by atoms with van der Waals surface area (Å²) in [5, 5.41) is 34.0. The van der Waals surface area contributed by atoms with Crippen LogP contribution in [-0.2, 0) is 12.8 Å². The molecule has 11 nitrogen and oxygen atoms in total. The second kappa shape index (κ2) is 17.2. The third kappa shape index (κ3) is 8.66. The number of nitrogens with zero attached hydrogens (tertiary/aromatic N) is 3. The molecular weight excluding hydrogens is 888 g/mol. The number of ketones is 2. The van der Waals surface area contributed by atoms with Crippen molar-refractivity contribution in [2.45, 2.75) is 12.8 Å². The third-order valence-electron chi connectivity index (χ3n) is 8.62. The molecule has 8 rings (SSSR count). The van der Waals surface area contributed by atoms with Crippen molar-refractivity contribution in [3.8, 4) is 22.3 Å². The van der Waals surface area contributed by atoms with Crippen molar-refractivity contribution in [2.24, 2.45) is 0 Å². The molecule has 0 aliphatic heterocycles. The molecule has 0 radical (unpaired) electrons. The number of carbonyl (C=O) groups excluding carboxylic acids is 2. The van der Waals surface area contributed by atoms with Crippen molar-refractivity contribution in [2.75, 3.05) is 0 Å². The highest BCUT2D eigenvalue weighted by Crippen LogP contribution is 2.37. The van der Waals surface area contributed by atoms with E-state index in [1.165, 1.54) is 40.2 Å². The van der Waals surface area contributed by atoms with Gasteiger partial charge in [-0.25, -0.2) is 28.3 Å². The molecule has 0 saturated heterocycles. The van der Waals surface area contributed by atoms with Crippen molar-refractivity contribution in [1.29, 1.82) is 0 Å².